The molecule has 92 valence electrons. The highest BCUT2D eigenvalue weighted by molar-refractivity contribution is 5.72. The highest BCUT2D eigenvalue weighted by Gasteiger charge is 2.25. The minimum Gasteiger partial charge on any atom is -0.466 e. The average Bonchev–Trinajstić information content (AvgIpc) is 2.30. The van der Waals surface area contributed by atoms with Gasteiger partial charge in [-0.05, 0) is 38.8 Å². The van der Waals surface area contributed by atoms with E-state index in [1.54, 1.807) is 0 Å². The second-order valence-corrected chi connectivity index (χ2v) is 4.54. The summed E-state index contributed by atoms with van der Waals surface area (Å²) in [5.41, 5.74) is 0. The third kappa shape index (κ3) is 3.97. The number of hydrogen-bond acceptors (Lipinski definition) is 3. The molecule has 0 radical (unpaired) electrons. The van der Waals surface area contributed by atoms with Gasteiger partial charge in [0.05, 0.1) is 12.5 Å². The predicted octanol–water partition coefficient (Wildman–Crippen LogP) is 2.08. The van der Waals surface area contributed by atoms with Crippen LogP contribution in [0.2, 0.25) is 0 Å². The highest BCUT2D eigenvalue weighted by atomic mass is 16.5. The van der Waals surface area contributed by atoms with Crippen molar-refractivity contribution in [1.29, 1.82) is 0 Å². The van der Waals surface area contributed by atoms with E-state index in [0.717, 1.165) is 32.5 Å². The first-order valence-electron chi connectivity index (χ1n) is 6.19. The van der Waals surface area contributed by atoms with E-state index in [2.05, 4.69) is 18.4 Å². The van der Waals surface area contributed by atoms with Crippen molar-refractivity contribution in [2.75, 3.05) is 26.2 Å². The van der Waals surface area contributed by atoms with Crippen molar-refractivity contribution in [3.63, 3.8) is 0 Å². The average molecular weight is 225 g/mol. The molecule has 1 fully saturated rings. The molecule has 16 heavy (non-hydrogen) atoms. The Bertz CT molecular complexity index is 232. The summed E-state index contributed by atoms with van der Waals surface area (Å²) in [6.07, 6.45) is 3.85. The topological polar surface area (TPSA) is 29.5 Å². The van der Waals surface area contributed by atoms with Gasteiger partial charge in [0.15, 0.2) is 0 Å². The molecule has 3 heteroatoms. The predicted molar refractivity (Wildman–Crippen MR) is 65.2 cm³/mol. The van der Waals surface area contributed by atoms with Crippen LogP contribution in [0.5, 0.6) is 0 Å². The molecule has 0 bridgehead atoms. The number of piperidine rings is 1. The van der Waals surface area contributed by atoms with Crippen LogP contribution < -0.4 is 0 Å². The summed E-state index contributed by atoms with van der Waals surface area (Å²) in [5, 5.41) is 0. The van der Waals surface area contributed by atoms with Gasteiger partial charge in [-0.1, -0.05) is 13.0 Å². The van der Waals surface area contributed by atoms with Crippen molar-refractivity contribution < 1.29 is 9.53 Å². The van der Waals surface area contributed by atoms with Gasteiger partial charge in [-0.2, -0.15) is 0 Å². The Morgan fingerprint density at radius 1 is 1.56 bits per heavy atom. The van der Waals surface area contributed by atoms with Crippen molar-refractivity contribution >= 4 is 5.97 Å². The molecule has 0 aromatic heterocycles. The summed E-state index contributed by atoms with van der Waals surface area (Å²) in [7, 11) is 0. The van der Waals surface area contributed by atoms with E-state index >= 15 is 0 Å². The summed E-state index contributed by atoms with van der Waals surface area (Å²) < 4.78 is 5.05. The second-order valence-electron chi connectivity index (χ2n) is 4.54. The van der Waals surface area contributed by atoms with E-state index in [1.165, 1.54) is 0 Å². The minimum atomic E-state index is -0.0149. The number of carbonyl (C=O) groups is 1. The maximum Gasteiger partial charge on any atom is 0.309 e. The monoisotopic (exact) mass is 225 g/mol. The Hall–Kier alpha value is -0.830. The van der Waals surface area contributed by atoms with Gasteiger partial charge in [0.25, 0.3) is 0 Å². The Labute approximate surface area is 98.5 Å². The first-order valence-corrected chi connectivity index (χ1v) is 6.19. The van der Waals surface area contributed by atoms with Gasteiger partial charge < -0.3 is 9.64 Å². The number of esters is 1. The van der Waals surface area contributed by atoms with Crippen LogP contribution in [0.25, 0.3) is 0 Å². The Morgan fingerprint density at radius 3 is 2.69 bits per heavy atom. The van der Waals surface area contributed by atoms with E-state index in [4.69, 9.17) is 4.74 Å². The van der Waals surface area contributed by atoms with Gasteiger partial charge in [-0.15, -0.1) is 6.58 Å². The zero-order valence-corrected chi connectivity index (χ0v) is 10.4. The summed E-state index contributed by atoms with van der Waals surface area (Å²) in [4.78, 5) is 13.9. The molecule has 0 N–H and O–H groups in total. The number of rotatable bonds is 5. The van der Waals surface area contributed by atoms with Crippen LogP contribution in [-0.4, -0.2) is 37.1 Å². The number of likely N-dealkylation sites (tertiary alicyclic amines) is 1. The van der Waals surface area contributed by atoms with Crippen LogP contribution in [0.4, 0.5) is 0 Å². The van der Waals surface area contributed by atoms with Crippen LogP contribution in [0.1, 0.15) is 26.7 Å². The van der Waals surface area contributed by atoms with E-state index < -0.39 is 0 Å². The lowest BCUT2D eigenvalue weighted by atomic mass is 9.96. The molecule has 1 rings (SSSR count). The maximum absolute atomic E-state index is 11.5. The standard InChI is InChI=1S/C13H23NO2/c1-4-11(3)10-14-8-6-12(7-9-14)13(15)16-5-2/h4,11-12H,1,5-10H2,2-3H3. The molecule has 0 amide bonds. The van der Waals surface area contributed by atoms with Gasteiger partial charge in [-0.25, -0.2) is 0 Å². The summed E-state index contributed by atoms with van der Waals surface area (Å²) in [6.45, 7) is 11.4. The largest absolute Gasteiger partial charge is 0.466 e. The fourth-order valence-corrected chi connectivity index (χ4v) is 2.09. The minimum absolute atomic E-state index is 0.0149. The van der Waals surface area contributed by atoms with E-state index in [9.17, 15) is 4.79 Å². The zero-order valence-electron chi connectivity index (χ0n) is 10.4. The first-order chi connectivity index (χ1) is 7.67. The van der Waals surface area contributed by atoms with E-state index in [-0.39, 0.29) is 11.9 Å². The number of ether oxygens (including phenoxy) is 1. The second kappa shape index (κ2) is 6.69. The number of carbonyl (C=O) groups excluding carboxylic acids is 1. The van der Waals surface area contributed by atoms with Crippen LogP contribution in [0, 0.1) is 11.8 Å². The lowest BCUT2D eigenvalue weighted by Crippen LogP contribution is -2.38. The summed E-state index contributed by atoms with van der Waals surface area (Å²) >= 11 is 0. The van der Waals surface area contributed by atoms with Crippen LogP contribution in [0.3, 0.4) is 0 Å². The molecule has 0 spiro atoms. The molecule has 1 aliphatic heterocycles. The molecule has 1 atom stereocenters. The third-order valence-corrected chi connectivity index (χ3v) is 3.16. The van der Waals surface area contributed by atoms with Crippen LogP contribution in [0.15, 0.2) is 12.7 Å². The smallest absolute Gasteiger partial charge is 0.309 e. The van der Waals surface area contributed by atoms with Gasteiger partial charge in [0.2, 0.25) is 0 Å². The maximum atomic E-state index is 11.5. The van der Waals surface area contributed by atoms with Crippen molar-refractivity contribution in [2.45, 2.75) is 26.7 Å². The van der Waals surface area contributed by atoms with Gasteiger partial charge in [0.1, 0.15) is 0 Å². The fraction of sp³-hybridized carbons (Fsp3) is 0.769. The first kappa shape index (κ1) is 13.2. The van der Waals surface area contributed by atoms with Gasteiger partial charge in [-0.3, -0.25) is 4.79 Å². The number of hydrogen-bond donors (Lipinski definition) is 0. The van der Waals surface area contributed by atoms with E-state index in [0.29, 0.717) is 12.5 Å². The molecule has 1 saturated heterocycles. The summed E-state index contributed by atoms with van der Waals surface area (Å²) in [5.74, 6) is 0.633. The molecule has 1 heterocycles. The quantitative estimate of drug-likeness (QED) is 0.530. The van der Waals surface area contributed by atoms with Crippen LogP contribution >= 0.6 is 0 Å². The van der Waals surface area contributed by atoms with Crippen molar-refractivity contribution in [3.8, 4) is 0 Å². The zero-order chi connectivity index (χ0) is 12.0. The lowest BCUT2D eigenvalue weighted by molar-refractivity contribution is -0.149. The van der Waals surface area contributed by atoms with Gasteiger partial charge >= 0.3 is 5.97 Å². The fourth-order valence-electron chi connectivity index (χ4n) is 2.09. The molecule has 0 aromatic carbocycles. The van der Waals surface area contributed by atoms with Crippen molar-refractivity contribution in [2.24, 2.45) is 11.8 Å². The van der Waals surface area contributed by atoms with E-state index in [1.807, 2.05) is 13.0 Å². The third-order valence-electron chi connectivity index (χ3n) is 3.16. The van der Waals surface area contributed by atoms with Crippen molar-refractivity contribution in [1.82, 2.24) is 4.90 Å². The van der Waals surface area contributed by atoms with Crippen LogP contribution in [-0.2, 0) is 9.53 Å². The normalized spacial score (nSPS) is 20.4. The lowest BCUT2D eigenvalue weighted by Gasteiger charge is -2.31. The van der Waals surface area contributed by atoms with Crippen molar-refractivity contribution in [3.05, 3.63) is 12.7 Å². The Balaban J connectivity index is 2.28. The molecular weight excluding hydrogens is 202 g/mol. The van der Waals surface area contributed by atoms with Gasteiger partial charge in [0, 0.05) is 6.54 Å². The Morgan fingerprint density at radius 2 is 2.19 bits per heavy atom. The number of nitrogens with zero attached hydrogens (tertiary/aromatic N) is 1. The molecule has 3 nitrogen and oxygen atoms in total. The molecule has 1 unspecified atom stereocenters. The molecule has 1 aliphatic rings. The molecule has 0 aromatic rings. The Kier molecular flexibility index (Phi) is 5.53. The SMILES string of the molecule is C=CC(C)CN1CCC(C(=O)OCC)CC1. The summed E-state index contributed by atoms with van der Waals surface area (Å²) in [6, 6.07) is 0. The molecule has 0 saturated carbocycles. The molecular formula is C13H23NO2. The highest BCUT2D eigenvalue weighted by Crippen LogP contribution is 2.19. The molecule has 0 aliphatic carbocycles.